The minimum Gasteiger partial charge on any atom is -0.369 e. The van der Waals surface area contributed by atoms with Gasteiger partial charge in [-0.1, -0.05) is 11.8 Å². The van der Waals surface area contributed by atoms with E-state index in [9.17, 15) is 9.59 Å². The summed E-state index contributed by atoms with van der Waals surface area (Å²) in [4.78, 5) is 28.9. The highest BCUT2D eigenvalue weighted by molar-refractivity contribution is 8.00. The Morgan fingerprint density at radius 2 is 2.19 bits per heavy atom. The molecule has 0 aliphatic carbocycles. The molecule has 0 radical (unpaired) electrons. The van der Waals surface area contributed by atoms with E-state index in [-0.39, 0.29) is 17.9 Å². The molecule has 0 atom stereocenters. The van der Waals surface area contributed by atoms with Crippen LogP contribution in [-0.2, 0) is 24.0 Å². The zero-order valence-corrected chi connectivity index (χ0v) is 16.4. The van der Waals surface area contributed by atoms with Crippen LogP contribution in [0.1, 0.15) is 16.4 Å². The number of rotatable bonds is 5. The standard InChI is InChI=1S/C15H14N6O2S3/c1-7-9(5-10(16)22)26-15(17-7)25-6-11-18-19-14-20(2)13(23)12-8(21(11)14)3-4-24-12/h3-4H,5-6H2,1-2H3,(H2,16,22). The van der Waals surface area contributed by atoms with Gasteiger partial charge in [-0.2, -0.15) is 0 Å². The lowest BCUT2D eigenvalue weighted by atomic mass is 10.3. The van der Waals surface area contributed by atoms with Crippen molar-refractivity contribution in [2.45, 2.75) is 23.4 Å². The number of thiophene rings is 1. The van der Waals surface area contributed by atoms with Crippen LogP contribution in [0.2, 0.25) is 0 Å². The van der Waals surface area contributed by atoms with E-state index in [1.807, 2.05) is 22.8 Å². The van der Waals surface area contributed by atoms with Gasteiger partial charge in [0.1, 0.15) is 10.5 Å². The second-order valence-electron chi connectivity index (χ2n) is 5.67. The number of hydrogen-bond donors (Lipinski definition) is 1. The Morgan fingerprint density at radius 1 is 1.38 bits per heavy atom. The van der Waals surface area contributed by atoms with Crippen molar-refractivity contribution < 1.29 is 4.79 Å². The fourth-order valence-electron chi connectivity index (χ4n) is 2.66. The number of carbonyl (C=O) groups excluding carboxylic acids is 1. The number of thiazole rings is 1. The lowest BCUT2D eigenvalue weighted by Crippen LogP contribution is -2.19. The summed E-state index contributed by atoms with van der Waals surface area (Å²) in [5, 5.41) is 10.3. The number of aryl methyl sites for hydroxylation is 2. The van der Waals surface area contributed by atoms with Gasteiger partial charge in [0, 0.05) is 11.9 Å². The average molecular weight is 407 g/mol. The molecule has 1 amide bonds. The van der Waals surface area contributed by atoms with Crippen molar-refractivity contribution in [1.82, 2.24) is 24.1 Å². The van der Waals surface area contributed by atoms with Gasteiger partial charge in [0.25, 0.3) is 5.56 Å². The fourth-order valence-corrected chi connectivity index (χ4v) is 5.67. The summed E-state index contributed by atoms with van der Waals surface area (Å²) >= 11 is 4.40. The van der Waals surface area contributed by atoms with Gasteiger partial charge in [-0.15, -0.1) is 32.9 Å². The highest BCUT2D eigenvalue weighted by Gasteiger charge is 2.17. The van der Waals surface area contributed by atoms with Crippen molar-refractivity contribution in [3.8, 4) is 0 Å². The van der Waals surface area contributed by atoms with Gasteiger partial charge >= 0.3 is 0 Å². The van der Waals surface area contributed by atoms with Crippen molar-refractivity contribution in [3.63, 3.8) is 0 Å². The summed E-state index contributed by atoms with van der Waals surface area (Å²) in [6, 6.07) is 1.91. The Hall–Kier alpha value is -2.24. The van der Waals surface area contributed by atoms with Crippen LogP contribution in [-0.4, -0.2) is 30.1 Å². The molecule has 0 bridgehead atoms. The van der Waals surface area contributed by atoms with Crippen molar-refractivity contribution in [2.24, 2.45) is 12.8 Å². The van der Waals surface area contributed by atoms with Gasteiger partial charge in [0.2, 0.25) is 11.7 Å². The molecule has 0 fully saturated rings. The smallest absolute Gasteiger partial charge is 0.272 e. The molecule has 4 aromatic rings. The molecule has 134 valence electrons. The number of amides is 1. The molecule has 0 spiro atoms. The zero-order valence-electron chi connectivity index (χ0n) is 13.9. The molecule has 0 saturated carbocycles. The predicted molar refractivity (Wildman–Crippen MR) is 103 cm³/mol. The van der Waals surface area contributed by atoms with Crippen molar-refractivity contribution in [2.75, 3.05) is 0 Å². The number of carbonyl (C=O) groups is 1. The summed E-state index contributed by atoms with van der Waals surface area (Å²) in [7, 11) is 1.70. The van der Waals surface area contributed by atoms with Crippen LogP contribution in [0.3, 0.4) is 0 Å². The molecule has 8 nitrogen and oxygen atoms in total. The topological polar surface area (TPSA) is 108 Å². The van der Waals surface area contributed by atoms with E-state index in [1.54, 1.807) is 7.05 Å². The van der Waals surface area contributed by atoms with Crippen LogP contribution in [0.5, 0.6) is 0 Å². The summed E-state index contributed by atoms with van der Waals surface area (Å²) in [5.41, 5.74) is 6.84. The first-order valence-corrected chi connectivity index (χ1v) is 10.3. The highest BCUT2D eigenvalue weighted by atomic mass is 32.2. The fraction of sp³-hybridized carbons (Fsp3) is 0.267. The summed E-state index contributed by atoms with van der Waals surface area (Å²) in [5.74, 6) is 1.44. The van der Waals surface area contributed by atoms with Crippen LogP contribution in [0, 0.1) is 6.92 Å². The summed E-state index contributed by atoms with van der Waals surface area (Å²) < 4.78 is 4.95. The molecule has 4 rings (SSSR count). The van der Waals surface area contributed by atoms with Crippen LogP contribution in [0.4, 0.5) is 0 Å². The van der Waals surface area contributed by atoms with Gasteiger partial charge in [0.15, 0.2) is 4.34 Å². The number of thioether (sulfide) groups is 1. The first kappa shape index (κ1) is 17.2. The van der Waals surface area contributed by atoms with E-state index in [1.165, 1.54) is 39.0 Å². The summed E-state index contributed by atoms with van der Waals surface area (Å²) in [6.07, 6.45) is 0.204. The van der Waals surface area contributed by atoms with E-state index in [4.69, 9.17) is 5.73 Å². The molecule has 11 heteroatoms. The number of nitrogens with zero attached hydrogens (tertiary/aromatic N) is 5. The van der Waals surface area contributed by atoms with E-state index < -0.39 is 0 Å². The lowest BCUT2D eigenvalue weighted by molar-refractivity contribution is -0.117. The van der Waals surface area contributed by atoms with Gasteiger partial charge in [0.05, 0.1) is 23.4 Å². The molecule has 4 heterocycles. The predicted octanol–water partition coefficient (Wildman–Crippen LogP) is 1.73. The molecule has 0 aliphatic heterocycles. The highest BCUT2D eigenvalue weighted by Crippen LogP contribution is 2.30. The molecular formula is C15H14N6O2S3. The van der Waals surface area contributed by atoms with Gasteiger partial charge in [-0.3, -0.25) is 18.6 Å². The third-order valence-electron chi connectivity index (χ3n) is 3.93. The molecule has 0 unspecified atom stereocenters. The Morgan fingerprint density at radius 3 is 2.96 bits per heavy atom. The molecule has 0 saturated heterocycles. The number of hydrogen-bond acceptors (Lipinski definition) is 8. The number of fused-ring (bicyclic) bond motifs is 3. The Labute approximate surface area is 159 Å². The SMILES string of the molecule is Cc1nc(SCc2nnc3n(C)c(=O)c4sccc4n23)sc1CC(N)=O. The van der Waals surface area contributed by atoms with Crippen molar-refractivity contribution in [3.05, 3.63) is 38.2 Å². The Kier molecular flexibility index (Phi) is 4.29. The summed E-state index contributed by atoms with van der Waals surface area (Å²) in [6.45, 7) is 1.87. The van der Waals surface area contributed by atoms with Crippen molar-refractivity contribution >= 4 is 56.3 Å². The molecule has 26 heavy (non-hydrogen) atoms. The maximum absolute atomic E-state index is 12.4. The van der Waals surface area contributed by atoms with Crippen LogP contribution < -0.4 is 11.3 Å². The largest absolute Gasteiger partial charge is 0.369 e. The van der Waals surface area contributed by atoms with E-state index in [2.05, 4.69) is 15.2 Å². The third-order valence-corrected chi connectivity index (χ3v) is 7.12. The van der Waals surface area contributed by atoms with E-state index in [0.717, 1.165) is 26.3 Å². The second-order valence-corrected chi connectivity index (χ2v) is 8.89. The Balaban J connectivity index is 1.69. The van der Waals surface area contributed by atoms with Gasteiger partial charge in [-0.25, -0.2) is 4.98 Å². The van der Waals surface area contributed by atoms with Crippen LogP contribution in [0.25, 0.3) is 16.0 Å². The first-order valence-electron chi connectivity index (χ1n) is 7.63. The monoisotopic (exact) mass is 406 g/mol. The maximum Gasteiger partial charge on any atom is 0.272 e. The second kappa shape index (κ2) is 6.49. The maximum atomic E-state index is 12.4. The number of nitrogens with two attached hydrogens (primary N) is 1. The molecule has 2 N–H and O–H groups in total. The third kappa shape index (κ3) is 2.81. The minimum atomic E-state index is -0.363. The average Bonchev–Trinajstić information content (AvgIpc) is 3.29. The molecule has 0 aliphatic rings. The van der Waals surface area contributed by atoms with Gasteiger partial charge < -0.3 is 5.73 Å². The van der Waals surface area contributed by atoms with Crippen molar-refractivity contribution in [1.29, 1.82) is 0 Å². The van der Waals surface area contributed by atoms with Crippen LogP contribution in [0.15, 0.2) is 20.6 Å². The minimum absolute atomic E-state index is 0.0688. The number of primary amides is 1. The number of aromatic nitrogens is 5. The Bertz CT molecular complexity index is 1200. The normalized spacial score (nSPS) is 11.6. The van der Waals surface area contributed by atoms with Gasteiger partial charge in [-0.05, 0) is 18.4 Å². The van der Waals surface area contributed by atoms with Crippen LogP contribution >= 0.6 is 34.4 Å². The van der Waals surface area contributed by atoms with E-state index in [0.29, 0.717) is 16.2 Å². The first-order chi connectivity index (χ1) is 12.5. The molecule has 4 aromatic heterocycles. The van der Waals surface area contributed by atoms with E-state index >= 15 is 0 Å². The molecule has 0 aromatic carbocycles. The molecular weight excluding hydrogens is 392 g/mol. The lowest BCUT2D eigenvalue weighted by Gasteiger charge is -2.04. The zero-order chi connectivity index (χ0) is 18.4. The quantitative estimate of drug-likeness (QED) is 0.506.